The van der Waals surface area contributed by atoms with Crippen molar-refractivity contribution in [3.8, 4) is 0 Å². The summed E-state index contributed by atoms with van der Waals surface area (Å²) in [4.78, 5) is 5.33. The number of nitrogens with zero attached hydrogens (tertiary/aromatic N) is 2. The maximum atomic E-state index is 12.5. The molecule has 18 heavy (non-hydrogen) atoms. The second kappa shape index (κ2) is 5.00. The average Bonchev–Trinajstić information content (AvgIpc) is 2.77. The molecule has 1 aliphatic rings. The van der Waals surface area contributed by atoms with Crippen LogP contribution in [0, 0.1) is 0 Å². The van der Waals surface area contributed by atoms with Gasteiger partial charge in [0, 0.05) is 44.1 Å². The van der Waals surface area contributed by atoms with Gasteiger partial charge in [0.25, 0.3) is 0 Å². The highest BCUT2D eigenvalue weighted by Gasteiger charge is 2.33. The number of H-pyrrole nitrogens is 1. The minimum absolute atomic E-state index is 0.00928. The van der Waals surface area contributed by atoms with E-state index in [0.717, 1.165) is 18.8 Å². The number of aromatic nitrogens is 1. The van der Waals surface area contributed by atoms with Gasteiger partial charge in [0.2, 0.25) is 10.0 Å². The van der Waals surface area contributed by atoms with Gasteiger partial charge >= 0.3 is 0 Å². The first-order chi connectivity index (χ1) is 8.45. The van der Waals surface area contributed by atoms with Crippen molar-refractivity contribution in [2.45, 2.75) is 24.4 Å². The molecule has 102 valence electrons. The second-order valence-electron chi connectivity index (χ2n) is 4.79. The summed E-state index contributed by atoms with van der Waals surface area (Å²) in [5, 5.41) is 0. The van der Waals surface area contributed by atoms with Crippen LogP contribution in [-0.4, -0.2) is 55.3 Å². The molecule has 1 atom stereocenters. The number of hydrogen-bond acceptors (Lipinski definition) is 4. The fourth-order valence-corrected chi connectivity index (χ4v) is 3.93. The Morgan fingerprint density at radius 2 is 2.22 bits per heavy atom. The number of piperazine rings is 1. The van der Waals surface area contributed by atoms with Gasteiger partial charge in [-0.25, -0.2) is 8.42 Å². The molecular formula is C11H20N4O2S. The van der Waals surface area contributed by atoms with Crippen LogP contribution in [0.25, 0.3) is 0 Å². The summed E-state index contributed by atoms with van der Waals surface area (Å²) in [5.41, 5.74) is 6.22. The quantitative estimate of drug-likeness (QED) is 0.798. The number of nitrogens with two attached hydrogens (primary N) is 1. The molecule has 0 bridgehead atoms. The lowest BCUT2D eigenvalue weighted by Gasteiger charge is -2.36. The standard InChI is InChI=1S/C11H20N4O2S/c1-9-8-14(2)3-4-15(9)18(16,17)11-5-10(6-12)13-7-11/h5,7,9,13H,3-4,6,8,12H2,1-2H3. The molecular weight excluding hydrogens is 252 g/mol. The molecule has 0 saturated carbocycles. The number of rotatable bonds is 3. The molecule has 6 nitrogen and oxygen atoms in total. The van der Waals surface area contributed by atoms with Gasteiger partial charge in [-0.15, -0.1) is 0 Å². The Bertz CT molecular complexity index is 511. The summed E-state index contributed by atoms with van der Waals surface area (Å²) in [6.45, 7) is 4.30. The van der Waals surface area contributed by atoms with E-state index >= 15 is 0 Å². The largest absolute Gasteiger partial charge is 0.363 e. The molecule has 0 amide bonds. The smallest absolute Gasteiger partial charge is 0.244 e. The third-order valence-electron chi connectivity index (χ3n) is 3.31. The van der Waals surface area contributed by atoms with Crippen molar-refractivity contribution >= 4 is 10.0 Å². The van der Waals surface area contributed by atoms with Gasteiger partial charge < -0.3 is 15.6 Å². The summed E-state index contributed by atoms with van der Waals surface area (Å²) in [7, 11) is -1.40. The normalized spacial score (nSPS) is 23.4. The fourth-order valence-electron chi connectivity index (χ4n) is 2.30. The van der Waals surface area contributed by atoms with Crippen LogP contribution in [0.2, 0.25) is 0 Å². The fraction of sp³-hybridized carbons (Fsp3) is 0.636. The first kappa shape index (κ1) is 13.5. The Morgan fingerprint density at radius 3 is 2.78 bits per heavy atom. The lowest BCUT2D eigenvalue weighted by molar-refractivity contribution is 0.170. The van der Waals surface area contributed by atoms with Crippen molar-refractivity contribution in [3.05, 3.63) is 18.0 Å². The summed E-state index contributed by atoms with van der Waals surface area (Å²) in [6, 6.07) is 1.60. The molecule has 0 spiro atoms. The third-order valence-corrected chi connectivity index (χ3v) is 5.30. The van der Waals surface area contributed by atoms with Crippen LogP contribution < -0.4 is 5.73 Å². The van der Waals surface area contributed by atoms with Crippen molar-refractivity contribution in [1.82, 2.24) is 14.2 Å². The summed E-state index contributed by atoms with van der Waals surface area (Å²) >= 11 is 0. The number of likely N-dealkylation sites (N-methyl/N-ethyl adjacent to an activating group) is 1. The number of sulfonamides is 1. The molecule has 1 saturated heterocycles. The lowest BCUT2D eigenvalue weighted by Crippen LogP contribution is -2.52. The van der Waals surface area contributed by atoms with Crippen LogP contribution in [0.5, 0.6) is 0 Å². The SMILES string of the molecule is CC1CN(C)CCN1S(=O)(=O)c1c[nH]c(CN)c1. The zero-order valence-electron chi connectivity index (χ0n) is 10.8. The van der Waals surface area contributed by atoms with Crippen LogP contribution in [0.4, 0.5) is 0 Å². The molecule has 2 heterocycles. The molecule has 3 N–H and O–H groups in total. The van der Waals surface area contributed by atoms with E-state index in [1.165, 1.54) is 6.20 Å². The summed E-state index contributed by atoms with van der Waals surface area (Å²) < 4.78 is 26.5. The average molecular weight is 272 g/mol. The van der Waals surface area contributed by atoms with Crippen LogP contribution in [0.15, 0.2) is 17.2 Å². The van der Waals surface area contributed by atoms with E-state index < -0.39 is 10.0 Å². The Morgan fingerprint density at radius 1 is 1.50 bits per heavy atom. The molecule has 1 aromatic heterocycles. The summed E-state index contributed by atoms with van der Waals surface area (Å²) in [6.07, 6.45) is 1.52. The number of hydrogen-bond donors (Lipinski definition) is 2. The molecule has 0 aliphatic carbocycles. The van der Waals surface area contributed by atoms with Crippen molar-refractivity contribution in [3.63, 3.8) is 0 Å². The summed E-state index contributed by atoms with van der Waals surface area (Å²) in [5.74, 6) is 0. The molecule has 1 unspecified atom stereocenters. The van der Waals surface area contributed by atoms with Gasteiger partial charge in [-0.3, -0.25) is 0 Å². The second-order valence-corrected chi connectivity index (χ2v) is 6.68. The minimum atomic E-state index is -3.40. The van der Waals surface area contributed by atoms with E-state index in [1.54, 1.807) is 10.4 Å². The molecule has 2 rings (SSSR count). The number of nitrogens with one attached hydrogen (secondary N) is 1. The molecule has 0 radical (unpaired) electrons. The van der Waals surface area contributed by atoms with Crippen LogP contribution in [-0.2, 0) is 16.6 Å². The lowest BCUT2D eigenvalue weighted by atomic mass is 10.2. The van der Waals surface area contributed by atoms with E-state index in [4.69, 9.17) is 5.73 Å². The minimum Gasteiger partial charge on any atom is -0.363 e. The van der Waals surface area contributed by atoms with Crippen molar-refractivity contribution in [2.75, 3.05) is 26.7 Å². The molecule has 1 aromatic rings. The zero-order valence-corrected chi connectivity index (χ0v) is 11.6. The Balaban J connectivity index is 2.25. The van der Waals surface area contributed by atoms with Gasteiger partial charge in [-0.05, 0) is 20.0 Å². The van der Waals surface area contributed by atoms with Crippen LogP contribution >= 0.6 is 0 Å². The number of aromatic amines is 1. The maximum Gasteiger partial charge on any atom is 0.244 e. The Hall–Kier alpha value is -0.890. The molecule has 1 aliphatic heterocycles. The van der Waals surface area contributed by atoms with Gasteiger partial charge in [0.15, 0.2) is 0 Å². The van der Waals surface area contributed by atoms with Gasteiger partial charge in [0.05, 0.1) is 4.90 Å². The van der Waals surface area contributed by atoms with Crippen LogP contribution in [0.1, 0.15) is 12.6 Å². The van der Waals surface area contributed by atoms with Crippen molar-refractivity contribution in [1.29, 1.82) is 0 Å². The highest BCUT2D eigenvalue weighted by molar-refractivity contribution is 7.89. The molecule has 7 heteroatoms. The third kappa shape index (κ3) is 2.44. The van der Waals surface area contributed by atoms with Crippen molar-refractivity contribution in [2.24, 2.45) is 5.73 Å². The van der Waals surface area contributed by atoms with Crippen LogP contribution in [0.3, 0.4) is 0 Å². The Labute approximate surface area is 108 Å². The van der Waals surface area contributed by atoms with Gasteiger partial charge in [-0.1, -0.05) is 0 Å². The van der Waals surface area contributed by atoms with E-state index in [2.05, 4.69) is 9.88 Å². The highest BCUT2D eigenvalue weighted by Crippen LogP contribution is 2.21. The van der Waals surface area contributed by atoms with E-state index in [0.29, 0.717) is 18.0 Å². The first-order valence-corrected chi connectivity index (χ1v) is 7.47. The Kier molecular flexibility index (Phi) is 3.76. The predicted octanol–water partition coefficient (Wildman–Crippen LogP) is -0.202. The van der Waals surface area contributed by atoms with Crippen molar-refractivity contribution < 1.29 is 8.42 Å². The first-order valence-electron chi connectivity index (χ1n) is 6.03. The molecule has 0 aromatic carbocycles. The maximum absolute atomic E-state index is 12.5. The van der Waals surface area contributed by atoms with E-state index in [1.807, 2.05) is 14.0 Å². The molecule has 1 fully saturated rings. The zero-order chi connectivity index (χ0) is 13.3. The monoisotopic (exact) mass is 272 g/mol. The topological polar surface area (TPSA) is 82.4 Å². The predicted molar refractivity (Wildman–Crippen MR) is 69.5 cm³/mol. The van der Waals surface area contributed by atoms with Gasteiger partial charge in [0.1, 0.15) is 0 Å². The van der Waals surface area contributed by atoms with E-state index in [9.17, 15) is 8.42 Å². The van der Waals surface area contributed by atoms with E-state index in [-0.39, 0.29) is 6.04 Å². The van der Waals surface area contributed by atoms with Gasteiger partial charge in [-0.2, -0.15) is 4.31 Å². The highest BCUT2D eigenvalue weighted by atomic mass is 32.2.